The van der Waals surface area contributed by atoms with Gasteiger partial charge >= 0.3 is 0 Å². The van der Waals surface area contributed by atoms with Crippen molar-refractivity contribution in [2.75, 3.05) is 33.3 Å². The number of hydrogen-bond donors (Lipinski definition) is 2. The topological polar surface area (TPSA) is 44.7 Å². The molecule has 4 nitrogen and oxygen atoms in total. The Morgan fingerprint density at radius 3 is 2.57 bits per heavy atom. The summed E-state index contributed by atoms with van der Waals surface area (Å²) in [5.74, 6) is 1.38. The van der Waals surface area contributed by atoms with Crippen LogP contribution >= 0.6 is 11.6 Å². The van der Waals surface area contributed by atoms with Gasteiger partial charge in [0.25, 0.3) is 0 Å². The van der Waals surface area contributed by atoms with E-state index < -0.39 is 0 Å². The van der Waals surface area contributed by atoms with Crippen molar-refractivity contribution in [1.29, 1.82) is 0 Å². The van der Waals surface area contributed by atoms with Crippen molar-refractivity contribution in [3.63, 3.8) is 0 Å². The summed E-state index contributed by atoms with van der Waals surface area (Å²) in [6, 6.07) is 3.65. The number of methoxy groups -OCH3 is 1. The third-order valence-electron chi connectivity index (χ3n) is 3.97. The molecule has 0 amide bonds. The summed E-state index contributed by atoms with van der Waals surface area (Å²) < 4.78 is 5.47. The number of aromatic hydroxyl groups is 1. The van der Waals surface area contributed by atoms with Gasteiger partial charge in [-0.25, -0.2) is 0 Å². The first-order valence-corrected chi connectivity index (χ1v) is 7.92. The van der Waals surface area contributed by atoms with E-state index in [4.69, 9.17) is 16.3 Å². The largest absolute Gasteiger partial charge is 0.506 e. The Hall–Kier alpha value is -0.970. The fourth-order valence-corrected chi connectivity index (χ4v) is 3.12. The average molecular weight is 313 g/mol. The molecule has 21 heavy (non-hydrogen) atoms. The van der Waals surface area contributed by atoms with Crippen molar-refractivity contribution in [2.45, 2.75) is 26.3 Å². The summed E-state index contributed by atoms with van der Waals surface area (Å²) >= 11 is 6.13. The monoisotopic (exact) mass is 312 g/mol. The third kappa shape index (κ3) is 3.82. The van der Waals surface area contributed by atoms with Crippen molar-refractivity contribution in [3.8, 4) is 11.5 Å². The number of halogens is 1. The summed E-state index contributed by atoms with van der Waals surface area (Å²) in [7, 11) is 1.64. The van der Waals surface area contributed by atoms with Crippen LogP contribution in [0.4, 0.5) is 0 Å². The number of phenolic OH excluding ortho intramolecular Hbond substituents is 1. The molecule has 1 heterocycles. The predicted molar refractivity (Wildman–Crippen MR) is 86.3 cm³/mol. The van der Waals surface area contributed by atoms with E-state index in [0.29, 0.717) is 16.7 Å². The Morgan fingerprint density at radius 1 is 1.33 bits per heavy atom. The van der Waals surface area contributed by atoms with Crippen molar-refractivity contribution in [3.05, 3.63) is 22.7 Å². The Balaban J connectivity index is 2.42. The molecular formula is C16H25ClN2O2. The summed E-state index contributed by atoms with van der Waals surface area (Å²) in [5, 5.41) is 14.2. The highest BCUT2D eigenvalue weighted by Gasteiger charge is 2.29. The molecule has 118 valence electrons. The van der Waals surface area contributed by atoms with Crippen LogP contribution in [0.15, 0.2) is 12.1 Å². The minimum atomic E-state index is 0.126. The number of piperazine rings is 1. The van der Waals surface area contributed by atoms with Gasteiger partial charge in [0.1, 0.15) is 11.5 Å². The van der Waals surface area contributed by atoms with E-state index in [1.165, 1.54) is 0 Å². The zero-order chi connectivity index (χ0) is 15.4. The lowest BCUT2D eigenvalue weighted by Crippen LogP contribution is -2.45. The summed E-state index contributed by atoms with van der Waals surface area (Å²) in [6.45, 7) is 8.27. The van der Waals surface area contributed by atoms with Crippen LogP contribution in [0.25, 0.3) is 0 Å². The van der Waals surface area contributed by atoms with Crippen LogP contribution in [-0.4, -0.2) is 43.3 Å². The van der Waals surface area contributed by atoms with Gasteiger partial charge in [0.2, 0.25) is 0 Å². The zero-order valence-corrected chi connectivity index (χ0v) is 13.8. The molecule has 1 aromatic rings. The number of nitrogens with one attached hydrogen (secondary N) is 1. The predicted octanol–water partition coefficient (Wildman–Crippen LogP) is 3.05. The highest BCUT2D eigenvalue weighted by Crippen LogP contribution is 2.43. The fourth-order valence-electron chi connectivity index (χ4n) is 2.95. The molecule has 0 spiro atoms. The van der Waals surface area contributed by atoms with E-state index in [0.717, 1.165) is 38.2 Å². The van der Waals surface area contributed by atoms with Crippen LogP contribution < -0.4 is 10.1 Å². The summed E-state index contributed by atoms with van der Waals surface area (Å²) in [5.41, 5.74) is 0.820. The lowest BCUT2D eigenvalue weighted by Gasteiger charge is -2.37. The van der Waals surface area contributed by atoms with E-state index in [2.05, 4.69) is 24.1 Å². The van der Waals surface area contributed by atoms with Crippen LogP contribution in [0.3, 0.4) is 0 Å². The minimum absolute atomic E-state index is 0.126. The van der Waals surface area contributed by atoms with Gasteiger partial charge in [-0.2, -0.15) is 0 Å². The number of nitrogens with zero attached hydrogens (tertiary/aromatic N) is 1. The second kappa shape index (κ2) is 7.34. The van der Waals surface area contributed by atoms with E-state index in [1.54, 1.807) is 13.2 Å². The molecule has 2 rings (SSSR count). The number of ether oxygens (including phenoxy) is 1. The van der Waals surface area contributed by atoms with Crippen LogP contribution in [0, 0.1) is 5.92 Å². The van der Waals surface area contributed by atoms with Gasteiger partial charge in [0.15, 0.2) is 0 Å². The van der Waals surface area contributed by atoms with Crippen LogP contribution in [0.1, 0.15) is 31.9 Å². The van der Waals surface area contributed by atoms with Gasteiger partial charge < -0.3 is 15.2 Å². The van der Waals surface area contributed by atoms with Gasteiger partial charge in [-0.1, -0.05) is 25.4 Å². The molecule has 0 saturated carbocycles. The maximum Gasteiger partial charge on any atom is 0.142 e. The Labute approximate surface area is 132 Å². The Kier molecular flexibility index (Phi) is 5.73. The normalized spacial score (nSPS) is 18.0. The molecule has 1 aliphatic heterocycles. The Morgan fingerprint density at radius 2 is 2.00 bits per heavy atom. The molecule has 0 aliphatic carbocycles. The molecule has 1 saturated heterocycles. The van der Waals surface area contributed by atoms with E-state index >= 15 is 0 Å². The Bertz CT molecular complexity index is 474. The molecule has 1 aliphatic rings. The SMILES string of the molecule is COc1ccc(Cl)c(O)c1[C@H](CC(C)C)N1CCNCC1. The van der Waals surface area contributed by atoms with Crippen molar-refractivity contribution in [2.24, 2.45) is 5.92 Å². The number of rotatable bonds is 5. The first-order chi connectivity index (χ1) is 10.0. The lowest BCUT2D eigenvalue weighted by molar-refractivity contribution is 0.149. The van der Waals surface area contributed by atoms with Crippen LogP contribution in [-0.2, 0) is 0 Å². The summed E-state index contributed by atoms with van der Waals surface area (Å²) in [6.07, 6.45) is 0.963. The lowest BCUT2D eigenvalue weighted by atomic mass is 9.93. The maximum absolute atomic E-state index is 10.5. The molecule has 1 fully saturated rings. The van der Waals surface area contributed by atoms with Gasteiger partial charge in [-0.3, -0.25) is 4.90 Å². The molecule has 2 N–H and O–H groups in total. The minimum Gasteiger partial charge on any atom is -0.506 e. The molecule has 0 unspecified atom stereocenters. The smallest absolute Gasteiger partial charge is 0.142 e. The number of phenols is 1. The highest BCUT2D eigenvalue weighted by molar-refractivity contribution is 6.32. The van der Waals surface area contributed by atoms with Gasteiger partial charge in [0, 0.05) is 32.2 Å². The quantitative estimate of drug-likeness (QED) is 0.877. The second-order valence-corrected chi connectivity index (χ2v) is 6.35. The van der Waals surface area contributed by atoms with Crippen molar-refractivity contribution >= 4 is 11.6 Å². The molecule has 5 heteroatoms. The molecule has 0 bridgehead atoms. The van der Waals surface area contributed by atoms with Crippen LogP contribution in [0.5, 0.6) is 11.5 Å². The summed E-state index contributed by atoms with van der Waals surface area (Å²) in [4.78, 5) is 2.41. The maximum atomic E-state index is 10.5. The first-order valence-electron chi connectivity index (χ1n) is 7.54. The standard InChI is InChI=1S/C16H25ClN2O2/c1-11(2)10-13(19-8-6-18-7-9-19)15-14(21-3)5-4-12(17)16(15)20/h4-5,11,13,18,20H,6-10H2,1-3H3/t13-/m0/s1. The van der Waals surface area contributed by atoms with E-state index in [9.17, 15) is 5.11 Å². The highest BCUT2D eigenvalue weighted by atomic mass is 35.5. The molecule has 0 radical (unpaired) electrons. The van der Waals surface area contributed by atoms with Gasteiger partial charge in [0.05, 0.1) is 17.7 Å². The molecular weight excluding hydrogens is 288 g/mol. The molecule has 1 aromatic carbocycles. The van der Waals surface area contributed by atoms with Gasteiger partial charge in [-0.15, -0.1) is 0 Å². The third-order valence-corrected chi connectivity index (χ3v) is 4.27. The molecule has 1 atom stereocenters. The van der Waals surface area contributed by atoms with Gasteiger partial charge in [-0.05, 0) is 24.5 Å². The zero-order valence-electron chi connectivity index (χ0n) is 13.0. The fraction of sp³-hybridized carbons (Fsp3) is 0.625. The molecule has 0 aromatic heterocycles. The average Bonchev–Trinajstić information content (AvgIpc) is 2.48. The number of hydrogen-bond acceptors (Lipinski definition) is 4. The second-order valence-electron chi connectivity index (χ2n) is 5.94. The van der Waals surface area contributed by atoms with Crippen molar-refractivity contribution in [1.82, 2.24) is 10.2 Å². The van der Waals surface area contributed by atoms with E-state index in [1.807, 2.05) is 6.07 Å². The van der Waals surface area contributed by atoms with Crippen LogP contribution in [0.2, 0.25) is 5.02 Å². The number of benzene rings is 1. The first kappa shape index (κ1) is 16.4. The van der Waals surface area contributed by atoms with E-state index in [-0.39, 0.29) is 11.8 Å². The van der Waals surface area contributed by atoms with Crippen molar-refractivity contribution < 1.29 is 9.84 Å².